The van der Waals surface area contributed by atoms with E-state index in [1.165, 1.54) is 0 Å². The van der Waals surface area contributed by atoms with Gasteiger partial charge >= 0.3 is 0 Å². The Kier molecular flexibility index (Phi) is 5.43. The van der Waals surface area contributed by atoms with E-state index in [4.69, 9.17) is 13.8 Å². The van der Waals surface area contributed by atoms with E-state index < -0.39 is 11.8 Å². The number of hydrazine groups is 1. The molecule has 0 radical (unpaired) electrons. The van der Waals surface area contributed by atoms with Crippen LogP contribution in [-0.2, 0) is 6.54 Å². The molecule has 0 aliphatic carbocycles. The lowest BCUT2D eigenvalue weighted by molar-refractivity contribution is 0.0846. The van der Waals surface area contributed by atoms with Gasteiger partial charge in [0, 0.05) is 5.56 Å². The van der Waals surface area contributed by atoms with Crippen LogP contribution in [0.2, 0.25) is 0 Å². The summed E-state index contributed by atoms with van der Waals surface area (Å²) in [6, 6.07) is 16.5. The van der Waals surface area contributed by atoms with E-state index in [9.17, 15) is 9.59 Å². The highest BCUT2D eigenvalue weighted by Crippen LogP contribution is 2.25. The molecular weight excluding hydrogens is 434 g/mol. The molecule has 0 atom stereocenters. The SMILES string of the molecule is Cc1cc(C(=O)NNC(=O)c2cc(-c3ccccc3)nc3c2cnn3Cc2ccco2)c(C)o1. The summed E-state index contributed by atoms with van der Waals surface area (Å²) in [6.07, 6.45) is 3.18. The highest BCUT2D eigenvalue weighted by atomic mass is 16.3. The average molecular weight is 455 g/mol. The van der Waals surface area contributed by atoms with E-state index >= 15 is 0 Å². The number of nitrogens with zero attached hydrogens (tertiary/aromatic N) is 3. The first-order chi connectivity index (χ1) is 16.5. The van der Waals surface area contributed by atoms with Gasteiger partial charge in [0.2, 0.25) is 0 Å². The first-order valence-electron chi connectivity index (χ1n) is 10.6. The van der Waals surface area contributed by atoms with E-state index in [1.54, 1.807) is 49.2 Å². The van der Waals surface area contributed by atoms with Gasteiger partial charge < -0.3 is 8.83 Å². The van der Waals surface area contributed by atoms with Crippen LogP contribution in [0, 0.1) is 13.8 Å². The van der Waals surface area contributed by atoms with Crippen LogP contribution in [0.5, 0.6) is 0 Å². The van der Waals surface area contributed by atoms with Gasteiger partial charge in [0.15, 0.2) is 5.65 Å². The molecule has 0 spiro atoms. The van der Waals surface area contributed by atoms with Gasteiger partial charge in [-0.25, -0.2) is 9.67 Å². The minimum Gasteiger partial charge on any atom is -0.467 e. The van der Waals surface area contributed by atoms with E-state index in [-0.39, 0.29) is 0 Å². The van der Waals surface area contributed by atoms with E-state index in [0.717, 1.165) is 5.56 Å². The van der Waals surface area contributed by atoms with Crippen LogP contribution in [0.15, 0.2) is 75.9 Å². The van der Waals surface area contributed by atoms with Crippen LogP contribution in [0.25, 0.3) is 22.3 Å². The number of hydrogen-bond acceptors (Lipinski definition) is 6. The minimum absolute atomic E-state index is 0.329. The number of rotatable bonds is 5. The van der Waals surface area contributed by atoms with Crippen LogP contribution >= 0.6 is 0 Å². The van der Waals surface area contributed by atoms with Gasteiger partial charge in [-0.05, 0) is 38.1 Å². The summed E-state index contributed by atoms with van der Waals surface area (Å²) < 4.78 is 12.5. The zero-order valence-electron chi connectivity index (χ0n) is 18.5. The third-order valence-electron chi connectivity index (χ3n) is 5.38. The molecule has 9 heteroatoms. The minimum atomic E-state index is -0.492. The molecule has 4 heterocycles. The van der Waals surface area contributed by atoms with Gasteiger partial charge in [0.1, 0.15) is 23.8 Å². The summed E-state index contributed by atoms with van der Waals surface area (Å²) in [7, 11) is 0. The molecule has 9 nitrogen and oxygen atoms in total. The Hall–Kier alpha value is -4.66. The molecule has 0 fully saturated rings. The number of carbonyl (C=O) groups excluding carboxylic acids is 2. The first-order valence-corrected chi connectivity index (χ1v) is 10.6. The Morgan fingerprint density at radius 2 is 1.74 bits per heavy atom. The molecule has 34 heavy (non-hydrogen) atoms. The Balaban J connectivity index is 1.49. The third-order valence-corrected chi connectivity index (χ3v) is 5.38. The van der Waals surface area contributed by atoms with Crippen LogP contribution in [-0.4, -0.2) is 26.6 Å². The zero-order chi connectivity index (χ0) is 23.7. The van der Waals surface area contributed by atoms with Crippen LogP contribution in [0.3, 0.4) is 0 Å². The van der Waals surface area contributed by atoms with Crippen LogP contribution in [0.1, 0.15) is 38.0 Å². The quantitative estimate of drug-likeness (QED) is 0.387. The Bertz CT molecular complexity index is 1480. The summed E-state index contributed by atoms with van der Waals surface area (Å²) in [5.41, 5.74) is 7.61. The second-order valence-corrected chi connectivity index (χ2v) is 7.78. The molecule has 0 aliphatic rings. The predicted molar refractivity (Wildman–Crippen MR) is 124 cm³/mol. The summed E-state index contributed by atoms with van der Waals surface area (Å²) in [6.45, 7) is 3.80. The number of benzene rings is 1. The molecule has 0 bridgehead atoms. The average Bonchev–Trinajstić information content (AvgIpc) is 3.58. The first kappa shape index (κ1) is 21.2. The number of aromatic nitrogens is 3. The maximum absolute atomic E-state index is 13.2. The molecule has 5 aromatic rings. The molecule has 4 aromatic heterocycles. The summed E-state index contributed by atoms with van der Waals surface area (Å²) >= 11 is 0. The Labute approximate surface area is 194 Å². The standard InChI is InChI=1S/C25H21N5O4/c1-15-11-19(16(2)34-15)24(31)28-29-25(32)20-12-22(17-7-4-3-5-8-17)27-23-21(20)13-26-30(23)14-18-9-6-10-33-18/h3-13H,14H2,1-2H3,(H,28,31)(H,29,32). The van der Waals surface area contributed by atoms with Crippen molar-refractivity contribution in [3.05, 3.63) is 95.5 Å². The molecule has 2 amide bonds. The predicted octanol–water partition coefficient (Wildman–Crippen LogP) is 4.02. The van der Waals surface area contributed by atoms with Crippen LogP contribution in [0.4, 0.5) is 0 Å². The number of carbonyl (C=O) groups is 2. The summed E-state index contributed by atoms with van der Waals surface area (Å²) in [4.78, 5) is 30.5. The topological polar surface area (TPSA) is 115 Å². The monoisotopic (exact) mass is 455 g/mol. The Morgan fingerprint density at radius 1 is 0.971 bits per heavy atom. The van der Waals surface area contributed by atoms with Gasteiger partial charge in [-0.1, -0.05) is 30.3 Å². The van der Waals surface area contributed by atoms with Crippen molar-refractivity contribution in [1.82, 2.24) is 25.6 Å². The second kappa shape index (κ2) is 8.70. The van der Waals surface area contributed by atoms with Crippen molar-refractivity contribution in [1.29, 1.82) is 0 Å². The van der Waals surface area contributed by atoms with Gasteiger partial charge in [-0.3, -0.25) is 20.4 Å². The highest BCUT2D eigenvalue weighted by molar-refractivity contribution is 6.07. The normalized spacial score (nSPS) is 11.0. The van der Waals surface area contributed by atoms with Crippen molar-refractivity contribution < 1.29 is 18.4 Å². The summed E-state index contributed by atoms with van der Waals surface area (Å²) in [5, 5.41) is 4.97. The number of aryl methyl sites for hydroxylation is 2. The third kappa shape index (κ3) is 4.06. The lowest BCUT2D eigenvalue weighted by atomic mass is 10.1. The van der Waals surface area contributed by atoms with Gasteiger partial charge in [-0.2, -0.15) is 5.10 Å². The number of amides is 2. The van der Waals surface area contributed by atoms with Crippen molar-refractivity contribution in [2.75, 3.05) is 0 Å². The number of furan rings is 2. The lowest BCUT2D eigenvalue weighted by Gasteiger charge is -2.10. The van der Waals surface area contributed by atoms with Crippen molar-refractivity contribution in [2.24, 2.45) is 0 Å². The number of pyridine rings is 1. The van der Waals surface area contributed by atoms with Gasteiger partial charge in [-0.15, -0.1) is 0 Å². The molecule has 1 aromatic carbocycles. The molecular formula is C25H21N5O4. The molecule has 5 rings (SSSR count). The largest absolute Gasteiger partial charge is 0.467 e. The lowest BCUT2D eigenvalue weighted by Crippen LogP contribution is -2.41. The van der Waals surface area contributed by atoms with Crippen LogP contribution < -0.4 is 10.9 Å². The fraction of sp³-hybridized carbons (Fsp3) is 0.120. The molecule has 0 aliphatic heterocycles. The second-order valence-electron chi connectivity index (χ2n) is 7.78. The number of fused-ring (bicyclic) bond motifs is 1. The van der Waals surface area contributed by atoms with E-state index in [0.29, 0.717) is 51.7 Å². The fourth-order valence-electron chi connectivity index (χ4n) is 3.76. The number of nitrogens with one attached hydrogen (secondary N) is 2. The van der Waals surface area contributed by atoms with E-state index in [2.05, 4.69) is 16.0 Å². The van der Waals surface area contributed by atoms with Crippen molar-refractivity contribution in [3.8, 4) is 11.3 Å². The zero-order valence-corrected chi connectivity index (χ0v) is 18.5. The maximum Gasteiger partial charge on any atom is 0.273 e. The fourth-order valence-corrected chi connectivity index (χ4v) is 3.76. The van der Waals surface area contributed by atoms with E-state index in [1.807, 2.05) is 36.4 Å². The smallest absolute Gasteiger partial charge is 0.273 e. The molecule has 0 unspecified atom stereocenters. The van der Waals surface area contributed by atoms with Gasteiger partial charge in [0.25, 0.3) is 11.8 Å². The van der Waals surface area contributed by atoms with Crippen molar-refractivity contribution >= 4 is 22.8 Å². The van der Waals surface area contributed by atoms with Crippen molar-refractivity contribution in [3.63, 3.8) is 0 Å². The van der Waals surface area contributed by atoms with Crippen molar-refractivity contribution in [2.45, 2.75) is 20.4 Å². The highest BCUT2D eigenvalue weighted by Gasteiger charge is 2.20. The molecule has 0 saturated carbocycles. The molecule has 170 valence electrons. The summed E-state index contributed by atoms with van der Waals surface area (Å²) in [5.74, 6) is 0.835. The molecule has 2 N–H and O–H groups in total. The van der Waals surface area contributed by atoms with Gasteiger partial charge in [0.05, 0.1) is 34.7 Å². The number of hydrogen-bond donors (Lipinski definition) is 2. The molecule has 0 saturated heterocycles. The maximum atomic E-state index is 13.2. The Morgan fingerprint density at radius 3 is 2.41 bits per heavy atom.